The highest BCUT2D eigenvalue weighted by Gasteiger charge is 2.44. The van der Waals surface area contributed by atoms with E-state index in [9.17, 15) is 18.3 Å². The molecule has 7 nitrogen and oxygen atoms in total. The lowest BCUT2D eigenvalue weighted by Gasteiger charge is -2.45. The van der Waals surface area contributed by atoms with Crippen molar-refractivity contribution >= 4 is 33.2 Å². The molecular formula is C32H39ClN2O5S. The Labute approximate surface area is 248 Å². The maximum absolute atomic E-state index is 13.1. The molecule has 2 N–H and O–H groups in total. The molecule has 3 aliphatic rings. The van der Waals surface area contributed by atoms with Crippen LogP contribution in [0.2, 0.25) is 5.02 Å². The Morgan fingerprint density at radius 3 is 2.78 bits per heavy atom. The number of hydrogen-bond acceptors (Lipinski definition) is 6. The van der Waals surface area contributed by atoms with Gasteiger partial charge in [-0.05, 0) is 98.2 Å². The number of anilines is 1. The molecule has 2 aromatic carbocycles. The number of nitrogens with zero attached hydrogens (tertiary/aromatic N) is 1. The minimum absolute atomic E-state index is 0.176. The van der Waals surface area contributed by atoms with Crippen molar-refractivity contribution in [2.75, 3.05) is 30.3 Å². The lowest BCUT2D eigenvalue weighted by molar-refractivity contribution is 0.0178. The van der Waals surface area contributed by atoms with Crippen molar-refractivity contribution in [3.05, 3.63) is 83.4 Å². The Morgan fingerprint density at radius 2 is 2.05 bits per heavy atom. The molecule has 2 aliphatic carbocycles. The van der Waals surface area contributed by atoms with Gasteiger partial charge in [0.25, 0.3) is 5.91 Å². The summed E-state index contributed by atoms with van der Waals surface area (Å²) in [5.74, 6) is 0.242. The van der Waals surface area contributed by atoms with Crippen molar-refractivity contribution in [2.45, 2.75) is 56.5 Å². The third-order valence-electron chi connectivity index (χ3n) is 8.97. The monoisotopic (exact) mass is 598 g/mol. The molecule has 41 heavy (non-hydrogen) atoms. The Balaban J connectivity index is 1.49. The lowest BCUT2D eigenvalue weighted by atomic mass is 9.68. The van der Waals surface area contributed by atoms with Crippen molar-refractivity contribution in [1.29, 1.82) is 0 Å². The molecule has 1 saturated carbocycles. The van der Waals surface area contributed by atoms with Crippen molar-refractivity contribution in [3.63, 3.8) is 0 Å². The van der Waals surface area contributed by atoms with Gasteiger partial charge in [0.15, 0.2) is 0 Å². The van der Waals surface area contributed by atoms with E-state index < -0.39 is 22.0 Å². The largest absolute Gasteiger partial charge is 0.490 e. The first kappa shape index (κ1) is 29.7. The van der Waals surface area contributed by atoms with Crippen LogP contribution in [0.25, 0.3) is 0 Å². The molecule has 4 atom stereocenters. The van der Waals surface area contributed by atoms with Crippen LogP contribution >= 0.6 is 11.6 Å². The fraction of sp³-hybridized carbons (Fsp3) is 0.469. The summed E-state index contributed by atoms with van der Waals surface area (Å²) in [6.45, 7) is 9.22. The topological polar surface area (TPSA) is 95.9 Å². The van der Waals surface area contributed by atoms with Crippen LogP contribution in [-0.2, 0) is 21.9 Å². The summed E-state index contributed by atoms with van der Waals surface area (Å²) in [6, 6.07) is 11.3. The van der Waals surface area contributed by atoms with Crippen LogP contribution in [0, 0.1) is 11.8 Å². The molecule has 1 spiro atoms. The van der Waals surface area contributed by atoms with Crippen molar-refractivity contribution in [3.8, 4) is 5.75 Å². The zero-order valence-corrected chi connectivity index (χ0v) is 24.9. The van der Waals surface area contributed by atoms with E-state index in [-0.39, 0.29) is 35.0 Å². The highest BCUT2D eigenvalue weighted by atomic mass is 35.5. The Kier molecular flexibility index (Phi) is 8.83. The second-order valence-electron chi connectivity index (χ2n) is 11.7. The number of fused-ring (bicyclic) bond motifs is 3. The molecular weight excluding hydrogens is 560 g/mol. The maximum Gasteiger partial charge on any atom is 0.264 e. The van der Waals surface area contributed by atoms with Gasteiger partial charge in [-0.2, -0.15) is 0 Å². The standard InChI is InChI=1S/C32H39ClN2O5S/c1-3-5-16-41(38,39)34-31(37)23-10-14-30-28(18-23)35(19-24-9-12-26(24)29(36)7-4-2)20-32(21-40-30)15-6-8-22-17-25(33)11-13-27(22)32/h3-4,10-11,13-14,17-18,24,26,29,36H,1-2,5-9,12,15-16,19-21H2,(H,34,37)/t24-,26+,29+,32-/m0/s1. The summed E-state index contributed by atoms with van der Waals surface area (Å²) in [4.78, 5) is 15.4. The van der Waals surface area contributed by atoms with Gasteiger partial charge in [-0.1, -0.05) is 29.8 Å². The molecule has 1 aliphatic heterocycles. The number of rotatable bonds is 10. The SMILES string of the molecule is C=CCCS(=O)(=O)NC(=O)c1ccc2c(c1)N(C[C@@H]1CC[C@H]1[C@H](O)CC=C)C[C@@]1(CCCc3cc(Cl)ccc31)CO2. The molecule has 5 rings (SSSR count). The smallest absolute Gasteiger partial charge is 0.264 e. The average Bonchev–Trinajstić information content (AvgIpc) is 3.06. The molecule has 0 bridgehead atoms. The van der Waals surface area contributed by atoms with E-state index in [0.29, 0.717) is 31.9 Å². The van der Waals surface area contributed by atoms with Crippen LogP contribution in [0.15, 0.2) is 61.7 Å². The Hall–Kier alpha value is -2.81. The van der Waals surface area contributed by atoms with E-state index in [4.69, 9.17) is 16.3 Å². The quantitative estimate of drug-likeness (QED) is 0.355. The van der Waals surface area contributed by atoms with Crippen LogP contribution in [0.4, 0.5) is 5.69 Å². The number of carbonyl (C=O) groups is 1. The third-order valence-corrected chi connectivity index (χ3v) is 10.5. The van der Waals surface area contributed by atoms with Gasteiger partial charge < -0.3 is 14.7 Å². The van der Waals surface area contributed by atoms with E-state index in [1.54, 1.807) is 24.3 Å². The minimum Gasteiger partial charge on any atom is -0.490 e. The summed E-state index contributed by atoms with van der Waals surface area (Å²) in [6.07, 6.45) is 8.56. The van der Waals surface area contributed by atoms with Crippen molar-refractivity contribution in [2.24, 2.45) is 11.8 Å². The van der Waals surface area contributed by atoms with Crippen LogP contribution in [0.5, 0.6) is 5.75 Å². The highest BCUT2D eigenvalue weighted by molar-refractivity contribution is 7.90. The molecule has 0 unspecified atom stereocenters. The number of aryl methyl sites for hydroxylation is 1. The summed E-state index contributed by atoms with van der Waals surface area (Å²) >= 11 is 6.37. The van der Waals surface area contributed by atoms with Gasteiger partial charge in [0.05, 0.1) is 24.2 Å². The van der Waals surface area contributed by atoms with E-state index in [1.165, 1.54) is 17.2 Å². The van der Waals surface area contributed by atoms with Crippen molar-refractivity contribution < 1.29 is 23.1 Å². The number of halogens is 1. The third kappa shape index (κ3) is 6.35. The summed E-state index contributed by atoms with van der Waals surface area (Å²) < 4.78 is 33.5. The second kappa shape index (κ2) is 12.2. The average molecular weight is 599 g/mol. The number of amides is 1. The molecule has 1 amide bonds. The predicted octanol–water partition coefficient (Wildman–Crippen LogP) is 5.41. The van der Waals surface area contributed by atoms with Crippen LogP contribution in [0.1, 0.15) is 60.0 Å². The minimum atomic E-state index is -3.79. The number of aliphatic hydroxyl groups excluding tert-OH is 1. The Morgan fingerprint density at radius 1 is 1.22 bits per heavy atom. The van der Waals surface area contributed by atoms with Gasteiger partial charge in [-0.15, -0.1) is 13.2 Å². The zero-order valence-electron chi connectivity index (χ0n) is 23.4. The fourth-order valence-electron chi connectivity index (χ4n) is 6.70. The van der Waals surface area contributed by atoms with Gasteiger partial charge >= 0.3 is 0 Å². The summed E-state index contributed by atoms with van der Waals surface area (Å²) in [7, 11) is -3.79. The number of nitrogens with one attached hydrogen (secondary N) is 1. The van der Waals surface area contributed by atoms with E-state index in [2.05, 4.69) is 34.9 Å². The first-order chi connectivity index (χ1) is 19.6. The van der Waals surface area contributed by atoms with Crippen LogP contribution < -0.4 is 14.4 Å². The molecule has 0 radical (unpaired) electrons. The summed E-state index contributed by atoms with van der Waals surface area (Å²) in [5.41, 5.74) is 3.23. The van der Waals surface area contributed by atoms with Crippen molar-refractivity contribution in [1.82, 2.24) is 4.72 Å². The first-order valence-corrected chi connectivity index (χ1v) is 16.4. The second-order valence-corrected chi connectivity index (χ2v) is 14.0. The van der Waals surface area contributed by atoms with Gasteiger partial charge in [-0.25, -0.2) is 13.1 Å². The number of hydrogen-bond donors (Lipinski definition) is 2. The van der Waals surface area contributed by atoms with Gasteiger partial charge in [0.1, 0.15) is 5.75 Å². The number of sulfonamides is 1. The van der Waals surface area contributed by atoms with Crippen LogP contribution in [0.3, 0.4) is 0 Å². The number of aliphatic hydroxyl groups is 1. The molecule has 220 valence electrons. The molecule has 0 aromatic heterocycles. The zero-order chi connectivity index (χ0) is 29.2. The number of carbonyl (C=O) groups excluding carboxylic acids is 1. The normalized spacial score (nSPS) is 24.2. The van der Waals surface area contributed by atoms with Gasteiger partial charge in [-0.3, -0.25) is 4.79 Å². The molecule has 1 heterocycles. The van der Waals surface area contributed by atoms with E-state index in [0.717, 1.165) is 42.8 Å². The number of allylic oxidation sites excluding steroid dienone is 1. The van der Waals surface area contributed by atoms with Crippen LogP contribution in [-0.4, -0.2) is 51.0 Å². The highest BCUT2D eigenvalue weighted by Crippen LogP contribution is 2.46. The van der Waals surface area contributed by atoms with Gasteiger partial charge in [0, 0.05) is 29.1 Å². The first-order valence-electron chi connectivity index (χ1n) is 14.4. The maximum atomic E-state index is 13.1. The number of ether oxygens (including phenoxy) is 1. The van der Waals surface area contributed by atoms with E-state index in [1.807, 2.05) is 6.07 Å². The lowest BCUT2D eigenvalue weighted by Crippen LogP contribution is -2.49. The Bertz CT molecular complexity index is 1430. The predicted molar refractivity (Wildman–Crippen MR) is 163 cm³/mol. The molecule has 2 aromatic rings. The molecule has 1 fully saturated rings. The molecule has 9 heteroatoms. The summed E-state index contributed by atoms with van der Waals surface area (Å²) in [5, 5.41) is 11.5. The van der Waals surface area contributed by atoms with E-state index >= 15 is 0 Å². The number of benzene rings is 2. The molecule has 0 saturated heterocycles. The van der Waals surface area contributed by atoms with Gasteiger partial charge in [0.2, 0.25) is 10.0 Å². The fourth-order valence-corrected chi connectivity index (χ4v) is 7.88.